The molecule has 0 aromatic carbocycles. The summed E-state index contributed by atoms with van der Waals surface area (Å²) in [4.78, 5) is 0. The molecule has 2 nitrogen and oxygen atoms in total. The molecule has 0 saturated heterocycles. The molecule has 2 heteroatoms. The lowest BCUT2D eigenvalue weighted by atomic mass is 9.95. The first kappa shape index (κ1) is 15.2. The van der Waals surface area contributed by atoms with Gasteiger partial charge in [0.15, 0.2) is 0 Å². The third-order valence-corrected chi connectivity index (χ3v) is 2.74. The van der Waals surface area contributed by atoms with Gasteiger partial charge in [0.25, 0.3) is 0 Å². The van der Waals surface area contributed by atoms with Crippen LogP contribution in [0.5, 0.6) is 0 Å². The SMILES string of the molecule is C=CCC(CCCCO)C(O)=CCCCC. The average Bonchev–Trinajstić information content (AvgIpc) is 2.28. The minimum absolute atomic E-state index is 0.195. The van der Waals surface area contributed by atoms with Crippen molar-refractivity contribution in [2.45, 2.75) is 51.9 Å². The molecular weight excluding hydrogens is 200 g/mol. The molecule has 0 heterocycles. The van der Waals surface area contributed by atoms with E-state index in [1.807, 2.05) is 12.2 Å². The van der Waals surface area contributed by atoms with Crippen LogP contribution in [0.4, 0.5) is 0 Å². The van der Waals surface area contributed by atoms with Gasteiger partial charge in [-0.05, 0) is 38.2 Å². The third kappa shape index (κ3) is 7.52. The number of aliphatic hydroxyl groups excluding tert-OH is 2. The molecule has 0 aliphatic heterocycles. The maximum atomic E-state index is 9.92. The quantitative estimate of drug-likeness (QED) is 0.336. The molecule has 94 valence electrons. The third-order valence-electron chi connectivity index (χ3n) is 2.74. The van der Waals surface area contributed by atoms with E-state index in [1.54, 1.807) is 0 Å². The molecule has 0 spiro atoms. The minimum Gasteiger partial charge on any atom is -0.512 e. The van der Waals surface area contributed by atoms with Crippen LogP contribution in [0.1, 0.15) is 51.9 Å². The van der Waals surface area contributed by atoms with Gasteiger partial charge in [-0.2, -0.15) is 0 Å². The lowest BCUT2D eigenvalue weighted by molar-refractivity contribution is 0.268. The number of rotatable bonds is 10. The molecule has 16 heavy (non-hydrogen) atoms. The number of hydrogen-bond donors (Lipinski definition) is 2. The maximum absolute atomic E-state index is 9.92. The number of aliphatic hydroxyl groups is 2. The van der Waals surface area contributed by atoms with E-state index >= 15 is 0 Å². The van der Waals surface area contributed by atoms with Gasteiger partial charge in [0.1, 0.15) is 0 Å². The van der Waals surface area contributed by atoms with Crippen molar-refractivity contribution in [1.82, 2.24) is 0 Å². The van der Waals surface area contributed by atoms with Crippen LogP contribution >= 0.6 is 0 Å². The molecule has 0 amide bonds. The van der Waals surface area contributed by atoms with Crippen molar-refractivity contribution in [1.29, 1.82) is 0 Å². The average molecular weight is 226 g/mol. The zero-order valence-electron chi connectivity index (χ0n) is 10.5. The van der Waals surface area contributed by atoms with Crippen molar-refractivity contribution in [3.63, 3.8) is 0 Å². The zero-order valence-corrected chi connectivity index (χ0v) is 10.5. The molecule has 1 atom stereocenters. The van der Waals surface area contributed by atoms with Crippen LogP contribution in [-0.2, 0) is 0 Å². The van der Waals surface area contributed by atoms with E-state index in [9.17, 15) is 5.11 Å². The molecule has 0 rings (SSSR count). The Bertz CT molecular complexity index is 197. The number of hydrogen-bond acceptors (Lipinski definition) is 2. The zero-order chi connectivity index (χ0) is 12.2. The van der Waals surface area contributed by atoms with Crippen LogP contribution < -0.4 is 0 Å². The first-order chi connectivity index (χ1) is 7.76. The van der Waals surface area contributed by atoms with Crippen molar-refractivity contribution < 1.29 is 10.2 Å². The fourth-order valence-electron chi connectivity index (χ4n) is 1.71. The summed E-state index contributed by atoms with van der Waals surface area (Å²) >= 11 is 0. The highest BCUT2D eigenvalue weighted by atomic mass is 16.3. The Morgan fingerprint density at radius 1 is 1.31 bits per heavy atom. The first-order valence-electron chi connectivity index (χ1n) is 6.37. The van der Waals surface area contributed by atoms with Crippen molar-refractivity contribution in [3.05, 3.63) is 24.5 Å². The molecule has 0 radical (unpaired) electrons. The molecule has 0 aromatic rings. The number of unbranched alkanes of at least 4 members (excludes halogenated alkanes) is 3. The Kier molecular flexibility index (Phi) is 10.2. The fraction of sp³-hybridized carbons (Fsp3) is 0.714. The Morgan fingerprint density at radius 2 is 2.06 bits per heavy atom. The van der Waals surface area contributed by atoms with E-state index in [2.05, 4.69) is 13.5 Å². The van der Waals surface area contributed by atoms with Gasteiger partial charge in [0.05, 0.1) is 5.76 Å². The van der Waals surface area contributed by atoms with Gasteiger partial charge in [0, 0.05) is 12.5 Å². The summed E-state index contributed by atoms with van der Waals surface area (Å²) in [6.07, 6.45) is 10.6. The van der Waals surface area contributed by atoms with Gasteiger partial charge < -0.3 is 10.2 Å². The predicted molar refractivity (Wildman–Crippen MR) is 69.5 cm³/mol. The smallest absolute Gasteiger partial charge is 0.0916 e. The van der Waals surface area contributed by atoms with Gasteiger partial charge in [-0.3, -0.25) is 0 Å². The Morgan fingerprint density at radius 3 is 2.62 bits per heavy atom. The highest BCUT2D eigenvalue weighted by Crippen LogP contribution is 2.21. The summed E-state index contributed by atoms with van der Waals surface area (Å²) in [6, 6.07) is 0. The summed E-state index contributed by atoms with van der Waals surface area (Å²) in [5, 5.41) is 18.6. The highest BCUT2D eigenvalue weighted by molar-refractivity contribution is 4.99. The molecular formula is C14H26O2. The van der Waals surface area contributed by atoms with Gasteiger partial charge in [-0.15, -0.1) is 6.58 Å². The summed E-state index contributed by atoms with van der Waals surface area (Å²) < 4.78 is 0. The van der Waals surface area contributed by atoms with Crippen LogP contribution in [0.15, 0.2) is 24.5 Å². The van der Waals surface area contributed by atoms with Gasteiger partial charge in [0.2, 0.25) is 0 Å². The monoisotopic (exact) mass is 226 g/mol. The van der Waals surface area contributed by atoms with Crippen molar-refractivity contribution >= 4 is 0 Å². The molecule has 0 bridgehead atoms. The normalized spacial score (nSPS) is 13.8. The Balaban J connectivity index is 4.05. The second kappa shape index (κ2) is 10.7. The second-order valence-corrected chi connectivity index (χ2v) is 4.21. The highest BCUT2D eigenvalue weighted by Gasteiger charge is 2.11. The van der Waals surface area contributed by atoms with Crippen molar-refractivity contribution in [2.24, 2.45) is 5.92 Å². The van der Waals surface area contributed by atoms with Crippen LogP contribution in [0.2, 0.25) is 0 Å². The maximum Gasteiger partial charge on any atom is 0.0916 e. The van der Waals surface area contributed by atoms with E-state index in [1.165, 1.54) is 0 Å². The molecule has 0 fully saturated rings. The summed E-state index contributed by atoms with van der Waals surface area (Å²) in [5.74, 6) is 0.701. The molecule has 2 N–H and O–H groups in total. The molecule has 1 unspecified atom stereocenters. The van der Waals surface area contributed by atoms with Crippen molar-refractivity contribution in [2.75, 3.05) is 6.61 Å². The minimum atomic E-state index is 0.195. The van der Waals surface area contributed by atoms with Crippen LogP contribution in [0, 0.1) is 5.92 Å². The fourth-order valence-corrected chi connectivity index (χ4v) is 1.71. The van der Waals surface area contributed by atoms with E-state index in [0.717, 1.165) is 44.9 Å². The molecule has 0 aromatic heterocycles. The molecule has 0 aliphatic carbocycles. The van der Waals surface area contributed by atoms with Gasteiger partial charge >= 0.3 is 0 Å². The second-order valence-electron chi connectivity index (χ2n) is 4.21. The van der Waals surface area contributed by atoms with E-state index in [4.69, 9.17) is 5.11 Å². The summed E-state index contributed by atoms with van der Waals surface area (Å²) in [7, 11) is 0. The topological polar surface area (TPSA) is 40.5 Å². The predicted octanol–water partition coefficient (Wildman–Crippen LogP) is 3.97. The van der Waals surface area contributed by atoms with Gasteiger partial charge in [-0.25, -0.2) is 0 Å². The Labute approximate surface area is 99.7 Å². The Hall–Kier alpha value is -0.760. The molecule has 0 aliphatic rings. The summed E-state index contributed by atoms with van der Waals surface area (Å²) in [6.45, 7) is 6.10. The van der Waals surface area contributed by atoms with E-state index in [0.29, 0.717) is 5.76 Å². The van der Waals surface area contributed by atoms with E-state index in [-0.39, 0.29) is 12.5 Å². The van der Waals surface area contributed by atoms with Crippen LogP contribution in [-0.4, -0.2) is 16.8 Å². The van der Waals surface area contributed by atoms with Crippen LogP contribution in [0.3, 0.4) is 0 Å². The number of allylic oxidation sites excluding steroid dienone is 3. The lowest BCUT2D eigenvalue weighted by Gasteiger charge is -2.14. The summed E-state index contributed by atoms with van der Waals surface area (Å²) in [5.41, 5.74) is 0. The van der Waals surface area contributed by atoms with Gasteiger partial charge in [-0.1, -0.05) is 25.8 Å². The lowest BCUT2D eigenvalue weighted by Crippen LogP contribution is -2.04. The van der Waals surface area contributed by atoms with Crippen LogP contribution in [0.25, 0.3) is 0 Å². The largest absolute Gasteiger partial charge is 0.512 e. The van der Waals surface area contributed by atoms with E-state index < -0.39 is 0 Å². The molecule has 0 saturated carbocycles. The standard InChI is InChI=1S/C14H26O2/c1-3-5-6-11-14(16)13(9-4-2)10-7-8-12-15/h4,11,13,15-16H,2-3,5-10,12H2,1H3. The van der Waals surface area contributed by atoms with Crippen molar-refractivity contribution in [3.8, 4) is 0 Å². The first-order valence-corrected chi connectivity index (χ1v) is 6.37.